The summed E-state index contributed by atoms with van der Waals surface area (Å²) in [7, 11) is 3.64. The zero-order chi connectivity index (χ0) is 18.7. The third-order valence-corrected chi connectivity index (χ3v) is 4.60. The molecule has 0 aromatic carbocycles. The average Bonchev–Trinajstić information content (AvgIpc) is 3.24. The van der Waals surface area contributed by atoms with Crippen LogP contribution in [0.1, 0.15) is 11.5 Å². The van der Waals surface area contributed by atoms with Gasteiger partial charge in [-0.3, -0.25) is 9.59 Å². The number of oxazole rings is 1. The van der Waals surface area contributed by atoms with E-state index in [2.05, 4.69) is 15.4 Å². The molecule has 8 nitrogen and oxygen atoms in total. The van der Waals surface area contributed by atoms with Crippen LogP contribution in [0.5, 0.6) is 0 Å². The number of carbonyl (C=O) groups excluding carboxylic acids is 1. The summed E-state index contributed by atoms with van der Waals surface area (Å²) in [5.41, 5.74) is 1.01. The highest BCUT2D eigenvalue weighted by molar-refractivity contribution is 7.13. The molecule has 0 atom stereocenters. The second-order valence-electron chi connectivity index (χ2n) is 5.88. The standard InChI is InChI=1S/C17H19N5O3S/c1-11-13(20-17(25-11)14-5-4-6-26-14)9-18-15(23)10-22-16(24)7-12(8-19-22)21(2)3/h4-8H,9-10H2,1-3H3,(H,18,23). The number of thiophene rings is 1. The van der Waals surface area contributed by atoms with Crippen molar-refractivity contribution in [3.8, 4) is 10.8 Å². The Kier molecular flexibility index (Phi) is 5.17. The van der Waals surface area contributed by atoms with Gasteiger partial charge in [-0.2, -0.15) is 5.10 Å². The summed E-state index contributed by atoms with van der Waals surface area (Å²) < 4.78 is 6.76. The normalized spacial score (nSPS) is 10.7. The summed E-state index contributed by atoms with van der Waals surface area (Å²) in [4.78, 5) is 31.3. The topological polar surface area (TPSA) is 93.3 Å². The van der Waals surface area contributed by atoms with Gasteiger partial charge in [-0.1, -0.05) is 6.07 Å². The molecule has 0 fully saturated rings. The van der Waals surface area contributed by atoms with Crippen LogP contribution in [0, 0.1) is 6.92 Å². The number of hydrogen-bond acceptors (Lipinski definition) is 7. The van der Waals surface area contributed by atoms with Crippen LogP contribution in [0.25, 0.3) is 10.8 Å². The highest BCUT2D eigenvalue weighted by atomic mass is 32.1. The number of anilines is 1. The van der Waals surface area contributed by atoms with Crippen molar-refractivity contribution in [2.75, 3.05) is 19.0 Å². The predicted octanol–water partition coefficient (Wildman–Crippen LogP) is 1.65. The minimum Gasteiger partial charge on any atom is -0.440 e. The highest BCUT2D eigenvalue weighted by Crippen LogP contribution is 2.25. The third-order valence-electron chi connectivity index (χ3n) is 3.74. The molecule has 136 valence electrons. The molecule has 3 aromatic heterocycles. The van der Waals surface area contributed by atoms with Crippen molar-refractivity contribution in [2.24, 2.45) is 0 Å². The van der Waals surface area contributed by atoms with Crippen LogP contribution in [0.15, 0.2) is 39.0 Å². The molecule has 0 aliphatic heterocycles. The van der Waals surface area contributed by atoms with E-state index >= 15 is 0 Å². The number of nitrogens with one attached hydrogen (secondary N) is 1. The number of hydrogen-bond donors (Lipinski definition) is 1. The first-order chi connectivity index (χ1) is 12.4. The van der Waals surface area contributed by atoms with E-state index in [-0.39, 0.29) is 24.6 Å². The van der Waals surface area contributed by atoms with Gasteiger partial charge in [-0.15, -0.1) is 11.3 Å². The van der Waals surface area contributed by atoms with E-state index < -0.39 is 0 Å². The van der Waals surface area contributed by atoms with E-state index in [0.717, 1.165) is 9.56 Å². The summed E-state index contributed by atoms with van der Waals surface area (Å²) >= 11 is 1.54. The van der Waals surface area contributed by atoms with E-state index in [4.69, 9.17) is 4.42 Å². The molecule has 1 N–H and O–H groups in total. The molecule has 26 heavy (non-hydrogen) atoms. The van der Waals surface area contributed by atoms with Gasteiger partial charge in [0.1, 0.15) is 18.0 Å². The molecule has 0 bridgehead atoms. The lowest BCUT2D eigenvalue weighted by Gasteiger charge is -2.12. The predicted molar refractivity (Wildman–Crippen MR) is 99.2 cm³/mol. The Bertz CT molecular complexity index is 959. The molecule has 9 heteroatoms. The molecule has 0 saturated heterocycles. The largest absolute Gasteiger partial charge is 0.440 e. The van der Waals surface area contributed by atoms with Crippen molar-refractivity contribution in [1.82, 2.24) is 20.1 Å². The molecule has 1 amide bonds. The molecule has 0 unspecified atom stereocenters. The second-order valence-corrected chi connectivity index (χ2v) is 6.83. The zero-order valence-corrected chi connectivity index (χ0v) is 15.5. The van der Waals surface area contributed by atoms with Gasteiger partial charge in [0.2, 0.25) is 11.8 Å². The van der Waals surface area contributed by atoms with Crippen LogP contribution in [0.3, 0.4) is 0 Å². The molecular weight excluding hydrogens is 354 g/mol. The summed E-state index contributed by atoms with van der Waals surface area (Å²) in [6.45, 7) is 1.88. The SMILES string of the molecule is Cc1oc(-c2cccs2)nc1CNC(=O)Cn1ncc(N(C)C)cc1=O. The van der Waals surface area contributed by atoms with Crippen molar-refractivity contribution in [1.29, 1.82) is 0 Å². The van der Waals surface area contributed by atoms with E-state index in [0.29, 0.717) is 23.0 Å². The number of rotatable bonds is 6. The second kappa shape index (κ2) is 7.52. The molecule has 0 aliphatic carbocycles. The Hall–Kier alpha value is -2.94. The Morgan fingerprint density at radius 1 is 1.42 bits per heavy atom. The minimum atomic E-state index is -0.330. The smallest absolute Gasteiger partial charge is 0.269 e. The first kappa shape index (κ1) is 17.9. The fourth-order valence-corrected chi connectivity index (χ4v) is 2.91. The van der Waals surface area contributed by atoms with Gasteiger partial charge in [0, 0.05) is 20.2 Å². The molecule has 3 rings (SSSR count). The highest BCUT2D eigenvalue weighted by Gasteiger charge is 2.13. The molecule has 3 aromatic rings. The number of nitrogens with zero attached hydrogens (tertiary/aromatic N) is 4. The van der Waals surface area contributed by atoms with E-state index in [1.54, 1.807) is 18.0 Å². The fourth-order valence-electron chi connectivity index (χ4n) is 2.26. The van der Waals surface area contributed by atoms with Gasteiger partial charge in [-0.25, -0.2) is 9.67 Å². The number of amides is 1. The maximum Gasteiger partial charge on any atom is 0.269 e. The van der Waals surface area contributed by atoms with Crippen molar-refractivity contribution in [3.05, 3.63) is 51.6 Å². The molecular formula is C17H19N5O3S. The van der Waals surface area contributed by atoms with Crippen molar-refractivity contribution >= 4 is 22.9 Å². The molecule has 0 saturated carbocycles. The quantitative estimate of drug-likeness (QED) is 0.706. The molecule has 0 aliphatic rings. The fraction of sp³-hybridized carbons (Fsp3) is 0.294. The summed E-state index contributed by atoms with van der Waals surface area (Å²) in [6, 6.07) is 5.29. The van der Waals surface area contributed by atoms with Crippen LogP contribution in [0.4, 0.5) is 5.69 Å². The number of carbonyl (C=O) groups is 1. The van der Waals surface area contributed by atoms with E-state index in [1.165, 1.54) is 17.4 Å². The van der Waals surface area contributed by atoms with Crippen LogP contribution >= 0.6 is 11.3 Å². The van der Waals surface area contributed by atoms with Crippen LogP contribution in [-0.2, 0) is 17.9 Å². The molecule has 3 heterocycles. The monoisotopic (exact) mass is 373 g/mol. The van der Waals surface area contributed by atoms with Gasteiger partial charge in [0.05, 0.1) is 23.3 Å². The number of aryl methyl sites for hydroxylation is 1. The lowest BCUT2D eigenvalue weighted by molar-refractivity contribution is -0.122. The minimum absolute atomic E-state index is 0.152. The third kappa shape index (κ3) is 3.99. The van der Waals surface area contributed by atoms with Crippen molar-refractivity contribution in [3.63, 3.8) is 0 Å². The van der Waals surface area contributed by atoms with Crippen LogP contribution in [-0.4, -0.2) is 34.8 Å². The maximum absolute atomic E-state index is 12.1. The summed E-state index contributed by atoms with van der Waals surface area (Å²) in [5, 5.41) is 8.71. The zero-order valence-electron chi connectivity index (χ0n) is 14.7. The Morgan fingerprint density at radius 3 is 2.88 bits per heavy atom. The van der Waals surface area contributed by atoms with Gasteiger partial charge < -0.3 is 14.6 Å². The van der Waals surface area contributed by atoms with Gasteiger partial charge in [0.25, 0.3) is 5.56 Å². The van der Waals surface area contributed by atoms with Crippen molar-refractivity contribution < 1.29 is 9.21 Å². The lowest BCUT2D eigenvalue weighted by Crippen LogP contribution is -2.33. The Morgan fingerprint density at radius 2 is 2.23 bits per heavy atom. The van der Waals surface area contributed by atoms with Crippen LogP contribution in [0.2, 0.25) is 0 Å². The average molecular weight is 373 g/mol. The summed E-state index contributed by atoms with van der Waals surface area (Å²) in [6.07, 6.45) is 1.55. The first-order valence-corrected chi connectivity index (χ1v) is 8.83. The van der Waals surface area contributed by atoms with E-state index in [1.807, 2.05) is 31.6 Å². The van der Waals surface area contributed by atoms with Crippen LogP contribution < -0.4 is 15.8 Å². The van der Waals surface area contributed by atoms with E-state index in [9.17, 15) is 9.59 Å². The molecule has 0 radical (unpaired) electrons. The lowest BCUT2D eigenvalue weighted by atomic mass is 10.3. The molecule has 0 spiro atoms. The number of aromatic nitrogens is 3. The van der Waals surface area contributed by atoms with Gasteiger partial charge in [0.15, 0.2) is 0 Å². The Labute approximate surface area is 154 Å². The first-order valence-electron chi connectivity index (χ1n) is 7.95. The van der Waals surface area contributed by atoms with Gasteiger partial charge >= 0.3 is 0 Å². The van der Waals surface area contributed by atoms with Crippen molar-refractivity contribution in [2.45, 2.75) is 20.0 Å². The Balaban J connectivity index is 1.62. The maximum atomic E-state index is 12.1. The van der Waals surface area contributed by atoms with Gasteiger partial charge in [-0.05, 0) is 18.4 Å². The summed E-state index contributed by atoms with van der Waals surface area (Å²) in [5.74, 6) is 0.871.